The standard InChI is InChI=1S/C23H21ClN6O3/c1-15-22(30(32)33)16(2)29(27-15)13-18-3-7-19(8-4-18)23(31)26-21-11-25-28(14-21)12-17-5-9-20(24)10-6-17/h3-11,14H,12-13H2,1-2H3,(H,26,31). The summed E-state index contributed by atoms with van der Waals surface area (Å²) in [6.45, 7) is 4.23. The molecule has 0 radical (unpaired) electrons. The van der Waals surface area contributed by atoms with E-state index in [-0.39, 0.29) is 11.6 Å². The zero-order valence-corrected chi connectivity index (χ0v) is 18.8. The second-order valence-corrected chi connectivity index (χ2v) is 8.07. The van der Waals surface area contributed by atoms with Crippen LogP contribution in [0.5, 0.6) is 0 Å². The first-order valence-electron chi connectivity index (χ1n) is 10.2. The Hall–Kier alpha value is -3.98. The summed E-state index contributed by atoms with van der Waals surface area (Å²) < 4.78 is 3.33. The molecular formula is C23H21ClN6O3. The van der Waals surface area contributed by atoms with Crippen LogP contribution in [0.1, 0.15) is 32.9 Å². The van der Waals surface area contributed by atoms with Crippen LogP contribution >= 0.6 is 11.6 Å². The third kappa shape index (κ3) is 5.09. The normalized spacial score (nSPS) is 10.9. The summed E-state index contributed by atoms with van der Waals surface area (Å²) in [5.74, 6) is -0.255. The lowest BCUT2D eigenvalue weighted by Crippen LogP contribution is -2.12. The Morgan fingerprint density at radius 3 is 2.33 bits per heavy atom. The number of nitrogens with one attached hydrogen (secondary N) is 1. The van der Waals surface area contributed by atoms with E-state index in [4.69, 9.17) is 11.6 Å². The number of aromatic nitrogens is 4. The van der Waals surface area contributed by atoms with Crippen LogP contribution in [-0.4, -0.2) is 30.4 Å². The number of hydrogen-bond acceptors (Lipinski definition) is 5. The van der Waals surface area contributed by atoms with Crippen LogP contribution in [-0.2, 0) is 13.1 Å². The van der Waals surface area contributed by atoms with Crippen LogP contribution in [0.2, 0.25) is 5.02 Å². The van der Waals surface area contributed by atoms with Crippen molar-refractivity contribution < 1.29 is 9.72 Å². The maximum absolute atomic E-state index is 12.6. The highest BCUT2D eigenvalue weighted by atomic mass is 35.5. The minimum atomic E-state index is -0.417. The van der Waals surface area contributed by atoms with E-state index in [2.05, 4.69) is 15.5 Å². The molecule has 0 atom stereocenters. The number of hydrogen-bond donors (Lipinski definition) is 1. The third-order valence-corrected chi connectivity index (χ3v) is 5.48. The van der Waals surface area contributed by atoms with Crippen LogP contribution < -0.4 is 5.32 Å². The molecule has 10 heteroatoms. The Balaban J connectivity index is 1.39. The van der Waals surface area contributed by atoms with Gasteiger partial charge in [-0.25, -0.2) is 0 Å². The summed E-state index contributed by atoms with van der Waals surface area (Å²) in [5.41, 5.74) is 3.91. The van der Waals surface area contributed by atoms with E-state index in [9.17, 15) is 14.9 Å². The Labute approximate surface area is 194 Å². The van der Waals surface area contributed by atoms with E-state index >= 15 is 0 Å². The number of carbonyl (C=O) groups excluding carboxylic acids is 1. The smallest absolute Gasteiger partial charge is 0.312 e. The van der Waals surface area contributed by atoms with Gasteiger partial charge >= 0.3 is 5.69 Å². The Kier molecular flexibility index (Phi) is 6.23. The van der Waals surface area contributed by atoms with Gasteiger partial charge in [0.1, 0.15) is 11.4 Å². The van der Waals surface area contributed by atoms with Crippen molar-refractivity contribution >= 4 is 28.9 Å². The first kappa shape index (κ1) is 22.2. The van der Waals surface area contributed by atoms with Gasteiger partial charge in [0.15, 0.2) is 0 Å². The maximum atomic E-state index is 12.6. The molecule has 0 aliphatic carbocycles. The number of halogens is 1. The summed E-state index contributed by atoms with van der Waals surface area (Å²) in [7, 11) is 0. The summed E-state index contributed by atoms with van der Waals surface area (Å²) in [6, 6.07) is 14.5. The monoisotopic (exact) mass is 464 g/mol. The van der Waals surface area contributed by atoms with Crippen molar-refractivity contribution in [2.75, 3.05) is 5.32 Å². The summed E-state index contributed by atoms with van der Waals surface area (Å²) in [4.78, 5) is 23.4. The van der Waals surface area contributed by atoms with Crippen molar-refractivity contribution in [3.63, 3.8) is 0 Å². The summed E-state index contributed by atoms with van der Waals surface area (Å²) >= 11 is 5.91. The van der Waals surface area contributed by atoms with Crippen LogP contribution in [0.4, 0.5) is 11.4 Å². The maximum Gasteiger partial charge on any atom is 0.312 e. The van der Waals surface area contributed by atoms with E-state index in [1.165, 1.54) is 0 Å². The number of aryl methyl sites for hydroxylation is 1. The van der Waals surface area contributed by atoms with Gasteiger partial charge in [-0.15, -0.1) is 0 Å². The highest BCUT2D eigenvalue weighted by Gasteiger charge is 2.21. The number of carbonyl (C=O) groups is 1. The third-order valence-electron chi connectivity index (χ3n) is 5.22. The molecule has 0 aliphatic heterocycles. The molecular weight excluding hydrogens is 444 g/mol. The van der Waals surface area contributed by atoms with Crippen molar-refractivity contribution in [1.82, 2.24) is 19.6 Å². The largest absolute Gasteiger partial charge is 0.319 e. The fourth-order valence-electron chi connectivity index (χ4n) is 3.53. The van der Waals surface area contributed by atoms with Gasteiger partial charge < -0.3 is 5.32 Å². The molecule has 0 bridgehead atoms. The molecule has 9 nitrogen and oxygen atoms in total. The fraction of sp³-hybridized carbons (Fsp3) is 0.174. The molecule has 2 aromatic heterocycles. The van der Waals surface area contributed by atoms with Crippen molar-refractivity contribution in [1.29, 1.82) is 0 Å². The molecule has 1 amide bonds. The highest BCUT2D eigenvalue weighted by Crippen LogP contribution is 2.22. The molecule has 0 saturated carbocycles. The topological polar surface area (TPSA) is 108 Å². The van der Waals surface area contributed by atoms with Crippen LogP contribution in [0.3, 0.4) is 0 Å². The predicted octanol–water partition coefficient (Wildman–Crippen LogP) is 4.61. The van der Waals surface area contributed by atoms with Crippen molar-refractivity contribution in [3.8, 4) is 0 Å². The molecule has 0 saturated heterocycles. The van der Waals surface area contributed by atoms with Crippen LogP contribution in [0, 0.1) is 24.0 Å². The van der Waals surface area contributed by atoms with Gasteiger partial charge in [-0.05, 0) is 49.2 Å². The molecule has 1 N–H and O–H groups in total. The van der Waals surface area contributed by atoms with E-state index < -0.39 is 4.92 Å². The molecule has 4 rings (SSSR count). The van der Waals surface area contributed by atoms with Gasteiger partial charge in [0, 0.05) is 16.8 Å². The molecule has 168 valence electrons. The zero-order chi connectivity index (χ0) is 23.5. The number of benzene rings is 2. The molecule has 0 unspecified atom stereocenters. The molecule has 33 heavy (non-hydrogen) atoms. The molecule has 4 aromatic rings. The Morgan fingerprint density at radius 1 is 1.06 bits per heavy atom. The minimum absolute atomic E-state index is 0.0302. The molecule has 2 aromatic carbocycles. The highest BCUT2D eigenvalue weighted by molar-refractivity contribution is 6.30. The summed E-state index contributed by atoms with van der Waals surface area (Å²) in [5, 5.41) is 23.2. The average Bonchev–Trinajstić information content (AvgIpc) is 3.33. The van der Waals surface area contributed by atoms with E-state index in [0.29, 0.717) is 40.8 Å². The second-order valence-electron chi connectivity index (χ2n) is 7.64. The number of amides is 1. The lowest BCUT2D eigenvalue weighted by atomic mass is 10.1. The quantitative estimate of drug-likeness (QED) is 0.317. The Bertz CT molecular complexity index is 1310. The minimum Gasteiger partial charge on any atom is -0.319 e. The first-order valence-corrected chi connectivity index (χ1v) is 10.5. The number of nitrogens with zero attached hydrogens (tertiary/aromatic N) is 5. The van der Waals surface area contributed by atoms with Gasteiger partial charge in [0.05, 0.1) is 29.9 Å². The van der Waals surface area contributed by atoms with Crippen molar-refractivity contribution in [3.05, 3.63) is 104 Å². The fourth-order valence-corrected chi connectivity index (χ4v) is 3.66. The SMILES string of the molecule is Cc1nn(Cc2ccc(C(=O)Nc3cnn(Cc4ccc(Cl)cc4)c3)cc2)c(C)c1[N+](=O)[O-]. The molecule has 2 heterocycles. The second kappa shape index (κ2) is 9.25. The molecule has 0 spiro atoms. The van der Waals surface area contributed by atoms with Gasteiger partial charge in [-0.2, -0.15) is 10.2 Å². The number of rotatable bonds is 7. The lowest BCUT2D eigenvalue weighted by molar-refractivity contribution is -0.386. The first-order chi connectivity index (χ1) is 15.8. The molecule has 0 fully saturated rings. The van der Waals surface area contributed by atoms with Crippen molar-refractivity contribution in [2.24, 2.45) is 0 Å². The van der Waals surface area contributed by atoms with E-state index in [1.54, 1.807) is 59.9 Å². The zero-order valence-electron chi connectivity index (χ0n) is 18.0. The van der Waals surface area contributed by atoms with Crippen LogP contribution in [0.25, 0.3) is 0 Å². The predicted molar refractivity (Wildman–Crippen MR) is 125 cm³/mol. The number of anilines is 1. The van der Waals surface area contributed by atoms with E-state index in [0.717, 1.165) is 11.1 Å². The number of nitro groups is 1. The van der Waals surface area contributed by atoms with Gasteiger partial charge in [-0.3, -0.25) is 24.3 Å². The van der Waals surface area contributed by atoms with Gasteiger partial charge in [-0.1, -0.05) is 35.9 Å². The Morgan fingerprint density at radius 2 is 1.70 bits per heavy atom. The molecule has 0 aliphatic rings. The van der Waals surface area contributed by atoms with Crippen LogP contribution in [0.15, 0.2) is 60.9 Å². The van der Waals surface area contributed by atoms with Gasteiger partial charge in [0.2, 0.25) is 0 Å². The van der Waals surface area contributed by atoms with Crippen molar-refractivity contribution in [2.45, 2.75) is 26.9 Å². The average molecular weight is 465 g/mol. The van der Waals surface area contributed by atoms with Gasteiger partial charge in [0.25, 0.3) is 5.91 Å². The summed E-state index contributed by atoms with van der Waals surface area (Å²) in [6.07, 6.45) is 3.36. The lowest BCUT2D eigenvalue weighted by Gasteiger charge is -2.06. The van der Waals surface area contributed by atoms with E-state index in [1.807, 2.05) is 24.3 Å².